The summed E-state index contributed by atoms with van der Waals surface area (Å²) in [6.45, 7) is 33.9. The van der Waals surface area contributed by atoms with Gasteiger partial charge in [-0.05, 0) is 182 Å². The van der Waals surface area contributed by atoms with Crippen LogP contribution in [0.2, 0.25) is 0 Å². The number of anilines is 6. The van der Waals surface area contributed by atoms with Crippen LogP contribution in [0.5, 0.6) is 0 Å². The number of hydrogen-bond acceptors (Lipinski definition) is 2. The highest BCUT2D eigenvalue weighted by molar-refractivity contribution is 7.00. The lowest BCUT2D eigenvalue weighted by molar-refractivity contribution is 0.332. The second-order valence-electron chi connectivity index (χ2n) is 23.1. The Bertz CT molecular complexity index is 2810. The van der Waals surface area contributed by atoms with E-state index in [1.165, 1.54) is 119 Å². The SMILES string of the molecule is Cc1cc2c3c(c1)N(c1cc4c(cc1C)C(C)(C)CCC4(C)C)c1cc4c(cc1B3c1cc(C(C)(C)C)ccc1N2c1ccc(-c2ccccc2)cc1C)C(C)(C)CC4(C)C. The highest BCUT2D eigenvalue weighted by Gasteiger charge is 2.49. The standard InChI is InChI=1S/C58H65BN2/c1-35-26-51-53-52(27-35)61(49-32-43-41(29-37(49)3)55(7,8)24-25-56(43,9)10)50-33-44-42(57(11,12)34-58(44,13)14)31-46(50)59(53)45-30-40(54(4,5)6)21-23-48(45)60(51)47-22-20-39(28-36(47)2)38-18-16-15-17-19-38/h15-23,26-33H,24-25,34H2,1-14H3. The van der Waals surface area contributed by atoms with Crippen LogP contribution in [-0.4, -0.2) is 6.71 Å². The molecule has 2 aliphatic carbocycles. The summed E-state index contributed by atoms with van der Waals surface area (Å²) in [5.41, 5.74) is 26.2. The number of nitrogens with zero attached hydrogens (tertiary/aromatic N) is 2. The van der Waals surface area contributed by atoms with E-state index in [2.05, 4.69) is 210 Å². The maximum absolute atomic E-state index is 2.72. The first kappa shape index (κ1) is 40.1. The molecule has 0 amide bonds. The minimum absolute atomic E-state index is 0.00219. The molecule has 310 valence electrons. The first-order valence-electron chi connectivity index (χ1n) is 23.0. The topological polar surface area (TPSA) is 6.48 Å². The molecule has 0 fully saturated rings. The molecule has 2 heterocycles. The molecule has 61 heavy (non-hydrogen) atoms. The van der Waals surface area contributed by atoms with E-state index in [1.807, 2.05) is 0 Å². The number of benzene rings is 6. The molecule has 3 heteroatoms. The molecule has 2 nitrogen and oxygen atoms in total. The van der Waals surface area contributed by atoms with E-state index in [0.29, 0.717) is 0 Å². The van der Waals surface area contributed by atoms with Crippen LogP contribution in [0, 0.1) is 20.8 Å². The van der Waals surface area contributed by atoms with Gasteiger partial charge in [-0.25, -0.2) is 0 Å². The Hall–Kier alpha value is -5.02. The summed E-state index contributed by atoms with van der Waals surface area (Å²) >= 11 is 0. The lowest BCUT2D eigenvalue weighted by Crippen LogP contribution is -2.62. The zero-order chi connectivity index (χ0) is 43.3. The molecule has 6 aromatic carbocycles. The molecular formula is C58H65BN2. The van der Waals surface area contributed by atoms with Crippen LogP contribution in [-0.2, 0) is 27.1 Å². The first-order valence-corrected chi connectivity index (χ1v) is 23.0. The maximum atomic E-state index is 2.72. The van der Waals surface area contributed by atoms with Crippen LogP contribution in [0.15, 0.2) is 103 Å². The largest absolute Gasteiger partial charge is 0.311 e. The average molecular weight is 801 g/mol. The van der Waals surface area contributed by atoms with E-state index in [1.54, 1.807) is 0 Å². The number of fused-ring (bicyclic) bond motifs is 6. The molecule has 6 aromatic rings. The third-order valence-electron chi connectivity index (χ3n) is 15.5. The van der Waals surface area contributed by atoms with E-state index in [0.717, 1.165) is 6.42 Å². The fourth-order valence-electron chi connectivity index (χ4n) is 12.3. The molecule has 0 N–H and O–H groups in total. The molecular weight excluding hydrogens is 735 g/mol. The van der Waals surface area contributed by atoms with Crippen LogP contribution in [0.3, 0.4) is 0 Å². The van der Waals surface area contributed by atoms with Gasteiger partial charge in [0.25, 0.3) is 6.71 Å². The van der Waals surface area contributed by atoms with Gasteiger partial charge in [-0.1, -0.05) is 137 Å². The van der Waals surface area contributed by atoms with Crippen LogP contribution < -0.4 is 26.2 Å². The van der Waals surface area contributed by atoms with Crippen molar-refractivity contribution in [1.29, 1.82) is 0 Å². The van der Waals surface area contributed by atoms with Crippen LogP contribution in [0.4, 0.5) is 34.1 Å². The summed E-state index contributed by atoms with van der Waals surface area (Å²) in [5, 5.41) is 0. The Labute approximate surface area is 367 Å². The van der Waals surface area contributed by atoms with Gasteiger partial charge in [0.15, 0.2) is 0 Å². The lowest BCUT2D eigenvalue weighted by atomic mass is 9.33. The van der Waals surface area contributed by atoms with Crippen molar-refractivity contribution >= 4 is 57.2 Å². The van der Waals surface area contributed by atoms with E-state index < -0.39 is 0 Å². The van der Waals surface area contributed by atoms with Crippen molar-refractivity contribution in [2.75, 3.05) is 9.80 Å². The minimum Gasteiger partial charge on any atom is -0.311 e. The predicted molar refractivity (Wildman–Crippen MR) is 265 cm³/mol. The molecule has 10 rings (SSSR count). The molecule has 0 radical (unpaired) electrons. The van der Waals surface area contributed by atoms with Crippen molar-refractivity contribution in [3.8, 4) is 11.1 Å². The van der Waals surface area contributed by atoms with Gasteiger partial charge in [0.05, 0.1) is 0 Å². The fourth-order valence-corrected chi connectivity index (χ4v) is 12.3. The predicted octanol–water partition coefficient (Wildman–Crippen LogP) is 14.0. The van der Waals surface area contributed by atoms with E-state index in [4.69, 9.17) is 0 Å². The first-order chi connectivity index (χ1) is 28.6. The normalized spacial score (nSPS) is 18.6. The summed E-state index contributed by atoms with van der Waals surface area (Å²) in [4.78, 5) is 5.33. The molecule has 0 aromatic heterocycles. The van der Waals surface area contributed by atoms with E-state index in [-0.39, 0.29) is 33.8 Å². The summed E-state index contributed by atoms with van der Waals surface area (Å²) < 4.78 is 0. The van der Waals surface area contributed by atoms with Gasteiger partial charge in [-0.15, -0.1) is 0 Å². The Morgan fingerprint density at radius 2 is 0.984 bits per heavy atom. The smallest absolute Gasteiger partial charge is 0.252 e. The summed E-state index contributed by atoms with van der Waals surface area (Å²) in [6.07, 6.45) is 3.53. The van der Waals surface area contributed by atoms with Gasteiger partial charge in [0, 0.05) is 34.1 Å². The Kier molecular flexibility index (Phi) is 8.55. The zero-order valence-corrected chi connectivity index (χ0v) is 39.4. The van der Waals surface area contributed by atoms with Crippen molar-refractivity contribution in [1.82, 2.24) is 0 Å². The average Bonchev–Trinajstić information content (AvgIpc) is 3.37. The number of aryl methyl sites for hydroxylation is 3. The van der Waals surface area contributed by atoms with Crippen molar-refractivity contribution in [3.63, 3.8) is 0 Å². The molecule has 2 aliphatic heterocycles. The zero-order valence-electron chi connectivity index (χ0n) is 39.4. The van der Waals surface area contributed by atoms with Gasteiger partial charge in [0.2, 0.25) is 0 Å². The minimum atomic E-state index is -0.00219. The fraction of sp³-hybridized carbons (Fsp3) is 0.379. The number of hydrogen-bond donors (Lipinski definition) is 0. The third kappa shape index (κ3) is 6.03. The van der Waals surface area contributed by atoms with Gasteiger partial charge in [0.1, 0.15) is 0 Å². The molecule has 0 saturated heterocycles. The van der Waals surface area contributed by atoms with Crippen molar-refractivity contribution < 1.29 is 0 Å². The summed E-state index contributed by atoms with van der Waals surface area (Å²) in [5.74, 6) is 0. The second kappa shape index (κ2) is 13.0. The Morgan fingerprint density at radius 3 is 1.61 bits per heavy atom. The summed E-state index contributed by atoms with van der Waals surface area (Å²) in [6, 6.07) is 40.8. The van der Waals surface area contributed by atoms with Gasteiger partial charge in [-0.3, -0.25) is 0 Å². The van der Waals surface area contributed by atoms with Crippen molar-refractivity contribution in [3.05, 3.63) is 148 Å². The molecule has 0 atom stereocenters. The van der Waals surface area contributed by atoms with E-state index >= 15 is 0 Å². The highest BCUT2D eigenvalue weighted by Crippen LogP contribution is 2.54. The quantitative estimate of drug-likeness (QED) is 0.164. The third-order valence-corrected chi connectivity index (χ3v) is 15.5. The molecule has 0 unspecified atom stereocenters. The second-order valence-corrected chi connectivity index (χ2v) is 23.1. The van der Waals surface area contributed by atoms with Crippen LogP contribution in [0.25, 0.3) is 11.1 Å². The van der Waals surface area contributed by atoms with Gasteiger partial charge in [-0.2, -0.15) is 0 Å². The molecule has 0 saturated carbocycles. The van der Waals surface area contributed by atoms with Crippen LogP contribution >= 0.6 is 0 Å². The Balaban J connectivity index is 1.31. The monoisotopic (exact) mass is 801 g/mol. The molecule has 0 bridgehead atoms. The van der Waals surface area contributed by atoms with Gasteiger partial charge < -0.3 is 9.80 Å². The van der Waals surface area contributed by atoms with Crippen molar-refractivity contribution in [2.24, 2.45) is 0 Å². The summed E-state index contributed by atoms with van der Waals surface area (Å²) in [7, 11) is 0. The van der Waals surface area contributed by atoms with Gasteiger partial charge >= 0.3 is 0 Å². The van der Waals surface area contributed by atoms with Crippen LogP contribution in [0.1, 0.15) is 140 Å². The lowest BCUT2D eigenvalue weighted by Gasteiger charge is -2.47. The molecule has 0 spiro atoms. The molecule has 4 aliphatic rings. The maximum Gasteiger partial charge on any atom is 0.252 e. The Morgan fingerprint density at radius 1 is 0.459 bits per heavy atom. The number of rotatable bonds is 3. The van der Waals surface area contributed by atoms with E-state index in [9.17, 15) is 0 Å². The van der Waals surface area contributed by atoms with Crippen molar-refractivity contribution in [2.45, 2.75) is 143 Å². The highest BCUT2D eigenvalue weighted by atomic mass is 15.2.